The Balaban J connectivity index is 4.22. The number of allylic oxidation sites excluding steroid dienone is 22. The largest absolute Gasteiger partial charge is 0.756 e. The van der Waals surface area contributed by atoms with Gasteiger partial charge in [-0.1, -0.05) is 218 Å². The first-order valence-corrected chi connectivity index (χ1v) is 30.4. The summed E-state index contributed by atoms with van der Waals surface area (Å²) >= 11 is 0. The summed E-state index contributed by atoms with van der Waals surface area (Å²) in [5.41, 5.74) is 0. The first kappa shape index (κ1) is 70.1. The van der Waals surface area contributed by atoms with Crippen LogP contribution in [0.2, 0.25) is 0 Å². The molecule has 0 N–H and O–H groups in total. The van der Waals surface area contributed by atoms with Crippen LogP contribution in [0, 0.1) is 0 Å². The molecule has 0 aliphatic carbocycles. The predicted octanol–water partition coefficient (Wildman–Crippen LogP) is 17.5. The molecule has 2 atom stereocenters. The topological polar surface area (TPSA) is 111 Å². The number of ether oxygens (including phenoxy) is 2. The molecule has 0 aliphatic heterocycles. The van der Waals surface area contributed by atoms with Gasteiger partial charge in [-0.05, 0) is 109 Å². The Bertz CT molecular complexity index is 1710. The third-order valence-electron chi connectivity index (χ3n) is 11.7. The number of nitrogens with zero attached hydrogens (tertiary/aromatic N) is 1. The molecule has 0 saturated heterocycles. The summed E-state index contributed by atoms with van der Waals surface area (Å²) in [6.45, 7) is 3.95. The minimum atomic E-state index is -4.65. The third-order valence-corrected chi connectivity index (χ3v) is 12.6. The van der Waals surface area contributed by atoms with Gasteiger partial charge in [-0.3, -0.25) is 14.2 Å². The molecule has 0 aliphatic rings. The van der Waals surface area contributed by atoms with Gasteiger partial charge >= 0.3 is 11.9 Å². The van der Waals surface area contributed by atoms with Gasteiger partial charge in [0.1, 0.15) is 19.8 Å². The molecular formula is C64H106NO8P. The second-order valence-electron chi connectivity index (χ2n) is 19.9. The zero-order valence-electron chi connectivity index (χ0n) is 47.5. The standard InChI is InChI=1S/C64H106NO8P/c1-6-8-10-12-14-16-18-20-22-24-26-27-28-29-30-31-32-33-34-35-36-37-39-41-43-45-47-49-51-53-55-57-64(67)73-62(61-72-74(68,69)71-59-58-65(3,4)5)60-70-63(66)56-54-52-50-48-46-44-42-40-38-25-23-21-19-17-15-13-11-9-7-2/h8-11,14-17,20-23,26-27,29-30,32-33,38,40,44,46,62H,6-7,12-13,18-19,24-25,28,31,34-37,39,41-43,45,47-61H2,1-5H3/b10-8-,11-9-,16-14-,17-15-,22-20-,23-21-,27-26-,30-29-,33-32-,40-38-,46-44-. The maximum absolute atomic E-state index is 12.8. The van der Waals surface area contributed by atoms with Gasteiger partial charge in [0.2, 0.25) is 0 Å². The van der Waals surface area contributed by atoms with E-state index in [0.717, 1.165) is 109 Å². The Labute approximate surface area is 453 Å². The number of likely N-dealkylation sites (N-methyl/N-ethyl adjacent to an activating group) is 1. The molecule has 0 radical (unpaired) electrons. The first-order valence-electron chi connectivity index (χ1n) is 28.9. The molecule has 0 amide bonds. The lowest BCUT2D eigenvalue weighted by Crippen LogP contribution is -2.37. The SMILES string of the molecule is CC/C=C\C/C=C\C/C=C\C/C=C\C/C=C\C/C=C\CCCCCCCCCCCCCCC(=O)OC(COC(=O)CCCCC/C=C\C/C=C\C/C=C\C/C=C\C/C=C\CC)COP(=O)([O-])OCC[N+](C)(C)C. The minimum Gasteiger partial charge on any atom is -0.756 e. The molecular weight excluding hydrogens is 942 g/mol. The Morgan fingerprint density at radius 2 is 0.730 bits per heavy atom. The van der Waals surface area contributed by atoms with Crippen molar-refractivity contribution in [1.29, 1.82) is 0 Å². The van der Waals surface area contributed by atoms with E-state index in [9.17, 15) is 19.0 Å². The number of rotatable bonds is 51. The van der Waals surface area contributed by atoms with Crippen LogP contribution in [0.3, 0.4) is 0 Å². The number of hydrogen-bond acceptors (Lipinski definition) is 8. The molecule has 0 saturated carbocycles. The number of unbranched alkanes of at least 4 members (excludes halogenated alkanes) is 15. The average Bonchev–Trinajstić information content (AvgIpc) is 3.36. The Kier molecular flexibility index (Phi) is 51.2. The third kappa shape index (κ3) is 57.4. The molecule has 74 heavy (non-hydrogen) atoms. The van der Waals surface area contributed by atoms with Crippen molar-refractivity contribution in [3.05, 3.63) is 134 Å². The summed E-state index contributed by atoms with van der Waals surface area (Å²) in [7, 11) is 1.13. The summed E-state index contributed by atoms with van der Waals surface area (Å²) in [5.74, 6) is -0.883. The molecule has 0 heterocycles. The normalized spacial score (nSPS) is 14.3. The lowest BCUT2D eigenvalue weighted by Gasteiger charge is -2.28. The Morgan fingerprint density at radius 1 is 0.419 bits per heavy atom. The number of hydrogen-bond donors (Lipinski definition) is 0. The van der Waals surface area contributed by atoms with Crippen molar-refractivity contribution in [3.63, 3.8) is 0 Å². The van der Waals surface area contributed by atoms with E-state index in [1.165, 1.54) is 57.8 Å². The zero-order chi connectivity index (χ0) is 54.2. The molecule has 0 spiro atoms. The molecule has 0 bridgehead atoms. The van der Waals surface area contributed by atoms with Crippen LogP contribution >= 0.6 is 7.82 Å². The molecule has 0 fully saturated rings. The molecule has 420 valence electrons. The summed E-state index contributed by atoms with van der Waals surface area (Å²) in [5, 5.41) is 0. The van der Waals surface area contributed by atoms with Crippen molar-refractivity contribution in [2.45, 2.75) is 213 Å². The van der Waals surface area contributed by atoms with E-state index in [0.29, 0.717) is 23.9 Å². The van der Waals surface area contributed by atoms with E-state index >= 15 is 0 Å². The van der Waals surface area contributed by atoms with Crippen LogP contribution < -0.4 is 4.89 Å². The smallest absolute Gasteiger partial charge is 0.306 e. The van der Waals surface area contributed by atoms with Gasteiger partial charge in [0, 0.05) is 12.8 Å². The monoisotopic (exact) mass is 1050 g/mol. The molecule has 0 rings (SSSR count). The maximum atomic E-state index is 12.8. The quantitative estimate of drug-likeness (QED) is 0.0195. The minimum absolute atomic E-state index is 0.0440. The number of phosphoric ester groups is 1. The highest BCUT2D eigenvalue weighted by molar-refractivity contribution is 7.45. The van der Waals surface area contributed by atoms with E-state index in [1.807, 2.05) is 21.1 Å². The van der Waals surface area contributed by atoms with E-state index in [-0.39, 0.29) is 26.1 Å². The molecule has 9 nitrogen and oxygen atoms in total. The predicted molar refractivity (Wildman–Crippen MR) is 314 cm³/mol. The number of quaternary nitrogens is 1. The van der Waals surface area contributed by atoms with Gasteiger partial charge < -0.3 is 27.9 Å². The van der Waals surface area contributed by atoms with Crippen LogP contribution in [-0.4, -0.2) is 70.0 Å². The number of carbonyl (C=O) groups excluding carboxylic acids is 2. The van der Waals surface area contributed by atoms with Crippen molar-refractivity contribution in [1.82, 2.24) is 0 Å². The molecule has 10 heteroatoms. The molecule has 0 aromatic rings. The fourth-order valence-corrected chi connectivity index (χ4v) is 8.00. The average molecular weight is 1050 g/mol. The lowest BCUT2D eigenvalue weighted by molar-refractivity contribution is -0.870. The summed E-state index contributed by atoms with van der Waals surface area (Å²) in [4.78, 5) is 37.9. The van der Waals surface area contributed by atoms with Gasteiger partial charge in [-0.25, -0.2) is 0 Å². The van der Waals surface area contributed by atoms with Gasteiger partial charge in [-0.2, -0.15) is 0 Å². The van der Waals surface area contributed by atoms with Crippen molar-refractivity contribution in [2.75, 3.05) is 47.5 Å². The first-order chi connectivity index (χ1) is 36.0. The fraction of sp³-hybridized carbons (Fsp3) is 0.625. The van der Waals surface area contributed by atoms with Crippen molar-refractivity contribution in [2.24, 2.45) is 0 Å². The molecule has 0 aromatic heterocycles. The van der Waals surface area contributed by atoms with Crippen LogP contribution in [0.25, 0.3) is 0 Å². The lowest BCUT2D eigenvalue weighted by atomic mass is 10.0. The second-order valence-corrected chi connectivity index (χ2v) is 21.3. The summed E-state index contributed by atoms with van der Waals surface area (Å²) < 4.78 is 34.1. The van der Waals surface area contributed by atoms with Crippen molar-refractivity contribution >= 4 is 19.8 Å². The highest BCUT2D eigenvalue weighted by Crippen LogP contribution is 2.38. The Hall–Kier alpha value is -3.85. The van der Waals surface area contributed by atoms with E-state index in [4.69, 9.17) is 18.5 Å². The number of esters is 2. The molecule has 2 unspecified atom stereocenters. The van der Waals surface area contributed by atoms with Crippen molar-refractivity contribution in [3.8, 4) is 0 Å². The van der Waals surface area contributed by atoms with Gasteiger partial charge in [0.25, 0.3) is 7.82 Å². The molecule has 0 aromatic carbocycles. The van der Waals surface area contributed by atoms with Crippen LogP contribution in [0.5, 0.6) is 0 Å². The number of phosphoric acid groups is 1. The maximum Gasteiger partial charge on any atom is 0.306 e. The number of carbonyl (C=O) groups is 2. The second kappa shape index (κ2) is 54.0. The zero-order valence-corrected chi connectivity index (χ0v) is 48.4. The Morgan fingerprint density at radius 3 is 1.09 bits per heavy atom. The fourth-order valence-electron chi connectivity index (χ4n) is 7.27. The van der Waals surface area contributed by atoms with Crippen LogP contribution in [0.4, 0.5) is 0 Å². The summed E-state index contributed by atoms with van der Waals surface area (Å²) in [6, 6.07) is 0. The van der Waals surface area contributed by atoms with Gasteiger partial charge in [-0.15, -0.1) is 0 Å². The van der Waals surface area contributed by atoms with Gasteiger partial charge in [0.05, 0.1) is 27.7 Å². The highest BCUT2D eigenvalue weighted by Gasteiger charge is 2.21. The van der Waals surface area contributed by atoms with Gasteiger partial charge in [0.15, 0.2) is 6.10 Å². The summed E-state index contributed by atoms with van der Waals surface area (Å²) in [6.07, 6.45) is 77.8. The van der Waals surface area contributed by atoms with E-state index in [1.54, 1.807) is 0 Å². The van der Waals surface area contributed by atoms with E-state index in [2.05, 4.69) is 148 Å². The van der Waals surface area contributed by atoms with Crippen LogP contribution in [0.1, 0.15) is 206 Å². The van der Waals surface area contributed by atoms with Crippen molar-refractivity contribution < 1.29 is 42.1 Å². The van der Waals surface area contributed by atoms with E-state index < -0.39 is 32.5 Å². The van der Waals surface area contributed by atoms with Crippen LogP contribution in [-0.2, 0) is 32.7 Å². The van der Waals surface area contributed by atoms with Crippen LogP contribution in [0.15, 0.2) is 134 Å². The highest BCUT2D eigenvalue weighted by atomic mass is 31.2.